The smallest absolute Gasteiger partial charge is 0.313 e. The van der Waals surface area contributed by atoms with Gasteiger partial charge < -0.3 is 10.5 Å². The van der Waals surface area contributed by atoms with Crippen LogP contribution in [-0.2, 0) is 16.0 Å². The zero-order valence-corrected chi connectivity index (χ0v) is 14.0. The summed E-state index contributed by atoms with van der Waals surface area (Å²) in [5, 5.41) is 0. The monoisotopic (exact) mass is 329 g/mol. The molecule has 0 heterocycles. The highest BCUT2D eigenvalue weighted by Crippen LogP contribution is 2.24. The maximum absolute atomic E-state index is 13.0. The Morgan fingerprint density at radius 2 is 1.92 bits per heavy atom. The summed E-state index contributed by atoms with van der Waals surface area (Å²) in [6.45, 7) is 2.72. The van der Waals surface area contributed by atoms with E-state index in [1.807, 2.05) is 31.2 Å². The molecule has 0 bridgehead atoms. The van der Waals surface area contributed by atoms with Crippen LogP contribution in [0, 0.1) is 5.82 Å². The zero-order valence-electron chi connectivity index (χ0n) is 14.0. The first kappa shape index (κ1) is 18.1. The van der Waals surface area contributed by atoms with Crippen LogP contribution in [0.3, 0.4) is 0 Å². The highest BCUT2D eigenvalue weighted by Gasteiger charge is 2.21. The number of rotatable bonds is 8. The van der Waals surface area contributed by atoms with Gasteiger partial charge >= 0.3 is 5.97 Å². The molecule has 0 fully saturated rings. The van der Waals surface area contributed by atoms with Crippen LogP contribution in [0.2, 0.25) is 0 Å². The highest BCUT2D eigenvalue weighted by molar-refractivity contribution is 5.78. The topological polar surface area (TPSA) is 52.3 Å². The molecule has 128 valence electrons. The SMILES string of the molecule is CCOC(=O)C(CCCN)c1cccc(Cc2ccc(F)cc2)c1. The predicted octanol–water partition coefficient (Wildman–Crippen LogP) is 3.80. The van der Waals surface area contributed by atoms with E-state index in [1.165, 1.54) is 12.1 Å². The third-order valence-corrected chi connectivity index (χ3v) is 3.94. The lowest BCUT2D eigenvalue weighted by Crippen LogP contribution is -2.17. The Balaban J connectivity index is 2.18. The van der Waals surface area contributed by atoms with E-state index < -0.39 is 0 Å². The summed E-state index contributed by atoms with van der Waals surface area (Å²) in [6.07, 6.45) is 2.14. The van der Waals surface area contributed by atoms with E-state index in [0.29, 0.717) is 26.0 Å². The van der Waals surface area contributed by atoms with Crippen molar-refractivity contribution in [2.45, 2.75) is 32.1 Å². The molecule has 2 N–H and O–H groups in total. The standard InChI is InChI=1S/C20H24FNO2/c1-2-24-20(23)19(7-4-12-22)17-6-3-5-16(14-17)13-15-8-10-18(21)11-9-15/h3,5-6,8-11,14,19H,2,4,7,12-13,22H2,1H3. The number of esters is 1. The molecule has 0 spiro atoms. The molecule has 0 amide bonds. The van der Waals surface area contributed by atoms with Gasteiger partial charge in [0.05, 0.1) is 12.5 Å². The number of nitrogens with two attached hydrogens (primary N) is 1. The van der Waals surface area contributed by atoms with Gasteiger partial charge in [-0.25, -0.2) is 4.39 Å². The molecule has 0 saturated carbocycles. The number of carbonyl (C=O) groups excluding carboxylic acids is 1. The van der Waals surface area contributed by atoms with Gasteiger partial charge in [-0.15, -0.1) is 0 Å². The third kappa shape index (κ3) is 5.17. The Morgan fingerprint density at radius 3 is 2.58 bits per heavy atom. The molecule has 2 aromatic carbocycles. The van der Waals surface area contributed by atoms with Gasteiger partial charge in [0.15, 0.2) is 0 Å². The van der Waals surface area contributed by atoms with Crippen molar-refractivity contribution in [1.82, 2.24) is 0 Å². The number of hydrogen-bond acceptors (Lipinski definition) is 3. The van der Waals surface area contributed by atoms with Gasteiger partial charge in [-0.3, -0.25) is 4.79 Å². The maximum atomic E-state index is 13.0. The molecule has 2 rings (SSSR count). The number of ether oxygens (including phenoxy) is 1. The average Bonchev–Trinajstić information content (AvgIpc) is 2.58. The first-order chi connectivity index (χ1) is 11.6. The Labute approximate surface area is 142 Å². The summed E-state index contributed by atoms with van der Waals surface area (Å²) in [7, 11) is 0. The van der Waals surface area contributed by atoms with Gasteiger partial charge in [0.1, 0.15) is 5.82 Å². The molecule has 0 aliphatic heterocycles. The number of carbonyl (C=O) groups is 1. The molecule has 1 atom stereocenters. The lowest BCUT2D eigenvalue weighted by Gasteiger charge is -2.16. The normalized spacial score (nSPS) is 12.0. The van der Waals surface area contributed by atoms with Gasteiger partial charge in [0.2, 0.25) is 0 Å². The Morgan fingerprint density at radius 1 is 1.17 bits per heavy atom. The minimum absolute atomic E-state index is 0.204. The van der Waals surface area contributed by atoms with Crippen LogP contribution < -0.4 is 5.73 Å². The number of halogens is 1. The fraction of sp³-hybridized carbons (Fsp3) is 0.350. The fourth-order valence-electron chi connectivity index (χ4n) is 2.74. The van der Waals surface area contributed by atoms with E-state index in [1.54, 1.807) is 12.1 Å². The lowest BCUT2D eigenvalue weighted by molar-refractivity contribution is -0.145. The number of hydrogen-bond donors (Lipinski definition) is 1. The summed E-state index contributed by atoms with van der Waals surface area (Å²) >= 11 is 0. The Kier molecular flexibility index (Phi) is 6.94. The average molecular weight is 329 g/mol. The van der Waals surface area contributed by atoms with Gasteiger partial charge in [-0.1, -0.05) is 36.4 Å². The van der Waals surface area contributed by atoms with Crippen molar-refractivity contribution in [3.63, 3.8) is 0 Å². The number of benzene rings is 2. The van der Waals surface area contributed by atoms with E-state index in [0.717, 1.165) is 23.1 Å². The molecule has 0 aliphatic rings. The molecule has 2 aromatic rings. The van der Waals surface area contributed by atoms with Crippen molar-refractivity contribution < 1.29 is 13.9 Å². The van der Waals surface area contributed by atoms with Gasteiger partial charge in [0.25, 0.3) is 0 Å². The van der Waals surface area contributed by atoms with Gasteiger partial charge in [-0.05, 0) is 61.6 Å². The lowest BCUT2D eigenvalue weighted by atomic mass is 9.91. The summed E-state index contributed by atoms with van der Waals surface area (Å²) in [6, 6.07) is 14.4. The van der Waals surface area contributed by atoms with Crippen LogP contribution >= 0.6 is 0 Å². The van der Waals surface area contributed by atoms with Gasteiger partial charge in [0, 0.05) is 0 Å². The largest absolute Gasteiger partial charge is 0.466 e. The van der Waals surface area contributed by atoms with Crippen LogP contribution in [0.5, 0.6) is 0 Å². The van der Waals surface area contributed by atoms with Crippen molar-refractivity contribution in [1.29, 1.82) is 0 Å². The van der Waals surface area contributed by atoms with Crippen molar-refractivity contribution in [3.8, 4) is 0 Å². The van der Waals surface area contributed by atoms with Crippen LogP contribution in [0.1, 0.15) is 42.4 Å². The van der Waals surface area contributed by atoms with E-state index in [-0.39, 0.29) is 17.7 Å². The predicted molar refractivity (Wildman–Crippen MR) is 93.3 cm³/mol. The second-order valence-corrected chi connectivity index (χ2v) is 5.78. The summed E-state index contributed by atoms with van der Waals surface area (Å²) in [4.78, 5) is 12.3. The fourth-order valence-corrected chi connectivity index (χ4v) is 2.74. The molecule has 4 heteroatoms. The van der Waals surface area contributed by atoms with E-state index in [2.05, 4.69) is 0 Å². The van der Waals surface area contributed by atoms with E-state index >= 15 is 0 Å². The maximum Gasteiger partial charge on any atom is 0.313 e. The summed E-state index contributed by atoms with van der Waals surface area (Å²) < 4.78 is 18.2. The van der Waals surface area contributed by atoms with Crippen molar-refractivity contribution in [2.75, 3.05) is 13.2 Å². The quantitative estimate of drug-likeness (QED) is 0.750. The second-order valence-electron chi connectivity index (χ2n) is 5.78. The van der Waals surface area contributed by atoms with Crippen LogP contribution in [0.4, 0.5) is 4.39 Å². The van der Waals surface area contributed by atoms with Gasteiger partial charge in [-0.2, -0.15) is 0 Å². The molecular formula is C20H24FNO2. The minimum atomic E-state index is -0.290. The molecule has 3 nitrogen and oxygen atoms in total. The van der Waals surface area contributed by atoms with Crippen molar-refractivity contribution >= 4 is 5.97 Å². The molecule has 0 aliphatic carbocycles. The Hall–Kier alpha value is -2.20. The summed E-state index contributed by atoms with van der Waals surface area (Å²) in [5.41, 5.74) is 8.65. The zero-order chi connectivity index (χ0) is 17.4. The second kappa shape index (κ2) is 9.18. The van der Waals surface area contributed by atoms with Crippen LogP contribution in [0.25, 0.3) is 0 Å². The molecular weight excluding hydrogens is 305 g/mol. The first-order valence-electron chi connectivity index (χ1n) is 8.34. The van der Waals surface area contributed by atoms with Crippen molar-refractivity contribution in [2.24, 2.45) is 5.73 Å². The van der Waals surface area contributed by atoms with E-state index in [4.69, 9.17) is 10.5 Å². The van der Waals surface area contributed by atoms with Crippen LogP contribution in [-0.4, -0.2) is 19.1 Å². The first-order valence-corrected chi connectivity index (χ1v) is 8.34. The molecule has 0 aromatic heterocycles. The third-order valence-electron chi connectivity index (χ3n) is 3.94. The highest BCUT2D eigenvalue weighted by atomic mass is 19.1. The molecule has 24 heavy (non-hydrogen) atoms. The Bertz CT molecular complexity index is 655. The van der Waals surface area contributed by atoms with Crippen LogP contribution in [0.15, 0.2) is 48.5 Å². The van der Waals surface area contributed by atoms with Crippen molar-refractivity contribution in [3.05, 3.63) is 71.0 Å². The summed E-state index contributed by atoms with van der Waals surface area (Å²) in [5.74, 6) is -0.733. The van der Waals surface area contributed by atoms with E-state index in [9.17, 15) is 9.18 Å². The molecule has 1 unspecified atom stereocenters. The molecule has 0 saturated heterocycles. The molecule has 0 radical (unpaired) electrons. The minimum Gasteiger partial charge on any atom is -0.466 e.